The average molecular weight is 231 g/mol. The smallest absolute Gasteiger partial charge is 0.357 e. The Hall–Kier alpha value is -2.30. The van der Waals surface area contributed by atoms with E-state index in [2.05, 4.69) is 4.98 Å². The molecule has 0 saturated carbocycles. The van der Waals surface area contributed by atoms with Crippen LogP contribution in [0.1, 0.15) is 10.5 Å². The molecule has 0 N–H and O–H groups in total. The lowest BCUT2D eigenvalue weighted by molar-refractivity contribution is 0.0596. The highest BCUT2D eigenvalue weighted by Gasteiger charge is 2.18. The molecule has 1 aromatic carbocycles. The number of carbonyl (C=O) groups is 1. The van der Waals surface area contributed by atoms with E-state index in [1.165, 1.54) is 7.11 Å². The molecule has 0 aliphatic carbocycles. The minimum absolute atomic E-state index is 0.201. The van der Waals surface area contributed by atoms with Crippen LogP contribution in [0.3, 0.4) is 0 Å². The minimum Gasteiger partial charge on any atom is -0.464 e. The summed E-state index contributed by atoms with van der Waals surface area (Å²) in [4.78, 5) is 15.6. The lowest BCUT2D eigenvalue weighted by Gasteiger charge is -2.04. The van der Waals surface area contributed by atoms with Gasteiger partial charge in [0, 0.05) is 11.6 Å². The number of benzene rings is 1. The number of hydrogen-bond donors (Lipinski definition) is 0. The molecule has 17 heavy (non-hydrogen) atoms. The fraction of sp³-hybridized carbons (Fsp3) is 0.167. The number of pyridine rings is 1. The molecule has 0 bridgehead atoms. The van der Waals surface area contributed by atoms with Crippen LogP contribution >= 0.6 is 0 Å². The van der Waals surface area contributed by atoms with Gasteiger partial charge < -0.3 is 14.2 Å². The van der Waals surface area contributed by atoms with E-state index < -0.39 is 5.97 Å². The Morgan fingerprint density at radius 1 is 1.35 bits per heavy atom. The van der Waals surface area contributed by atoms with E-state index in [0.717, 1.165) is 5.39 Å². The standard InChI is InChI=1S/C12H9NO4/c1-15-12(14)11-8-5-10-9(16-6-17-10)4-7(8)2-3-13-11/h2-5H,6H2,1H3. The number of rotatable bonds is 1. The summed E-state index contributed by atoms with van der Waals surface area (Å²) in [6.45, 7) is 0.201. The van der Waals surface area contributed by atoms with Gasteiger partial charge in [0.15, 0.2) is 17.2 Å². The molecule has 2 aromatic rings. The highest BCUT2D eigenvalue weighted by molar-refractivity contribution is 6.03. The molecule has 0 atom stereocenters. The zero-order valence-electron chi connectivity index (χ0n) is 9.10. The molecule has 3 rings (SSSR count). The van der Waals surface area contributed by atoms with Gasteiger partial charge in [-0.2, -0.15) is 0 Å². The summed E-state index contributed by atoms with van der Waals surface area (Å²) in [6.07, 6.45) is 1.57. The lowest BCUT2D eigenvalue weighted by atomic mass is 10.1. The quantitative estimate of drug-likeness (QED) is 0.700. The number of nitrogens with zero attached hydrogens (tertiary/aromatic N) is 1. The molecule has 5 nitrogen and oxygen atoms in total. The molecule has 5 heteroatoms. The summed E-state index contributed by atoms with van der Waals surface area (Å²) in [5.74, 6) is 0.838. The Labute approximate surface area is 96.9 Å². The van der Waals surface area contributed by atoms with Crippen LogP contribution in [0.15, 0.2) is 24.4 Å². The first-order valence-corrected chi connectivity index (χ1v) is 5.06. The Balaban J connectivity index is 2.28. The molecule has 0 radical (unpaired) electrons. The van der Waals surface area contributed by atoms with Gasteiger partial charge in [-0.05, 0) is 23.6 Å². The SMILES string of the molecule is COC(=O)c1nccc2cc3c(cc12)OCO3. The Kier molecular flexibility index (Phi) is 2.11. The van der Waals surface area contributed by atoms with Crippen molar-refractivity contribution in [3.05, 3.63) is 30.1 Å². The maximum atomic E-state index is 11.6. The number of ether oxygens (including phenoxy) is 3. The average Bonchev–Trinajstić information content (AvgIpc) is 2.81. The number of carbonyl (C=O) groups excluding carboxylic acids is 1. The van der Waals surface area contributed by atoms with Gasteiger partial charge in [-0.1, -0.05) is 0 Å². The Morgan fingerprint density at radius 2 is 2.12 bits per heavy atom. The normalized spacial score (nSPS) is 12.8. The molecule has 0 saturated heterocycles. The van der Waals surface area contributed by atoms with Gasteiger partial charge in [-0.3, -0.25) is 0 Å². The second-order valence-electron chi connectivity index (χ2n) is 3.58. The van der Waals surface area contributed by atoms with Gasteiger partial charge in [-0.25, -0.2) is 9.78 Å². The molecule has 86 valence electrons. The predicted molar refractivity (Wildman–Crippen MR) is 59.2 cm³/mol. The first-order valence-electron chi connectivity index (χ1n) is 5.06. The summed E-state index contributed by atoms with van der Waals surface area (Å²) in [7, 11) is 1.33. The first kappa shape index (κ1) is 9.89. The number of aromatic nitrogens is 1. The van der Waals surface area contributed by atoms with Crippen LogP contribution in [0, 0.1) is 0 Å². The maximum absolute atomic E-state index is 11.6. The van der Waals surface area contributed by atoms with Crippen molar-refractivity contribution in [2.45, 2.75) is 0 Å². The first-order chi connectivity index (χ1) is 8.29. The lowest BCUT2D eigenvalue weighted by Crippen LogP contribution is -2.04. The van der Waals surface area contributed by atoms with E-state index in [-0.39, 0.29) is 12.5 Å². The zero-order chi connectivity index (χ0) is 11.8. The van der Waals surface area contributed by atoms with E-state index in [0.29, 0.717) is 16.9 Å². The molecule has 1 aliphatic heterocycles. The van der Waals surface area contributed by atoms with Crippen molar-refractivity contribution in [2.24, 2.45) is 0 Å². The molecular formula is C12H9NO4. The van der Waals surface area contributed by atoms with E-state index in [9.17, 15) is 4.79 Å². The number of hydrogen-bond acceptors (Lipinski definition) is 5. The van der Waals surface area contributed by atoms with Crippen molar-refractivity contribution >= 4 is 16.7 Å². The van der Waals surface area contributed by atoms with E-state index in [4.69, 9.17) is 14.2 Å². The monoisotopic (exact) mass is 231 g/mol. The van der Waals surface area contributed by atoms with Crippen molar-refractivity contribution < 1.29 is 19.0 Å². The van der Waals surface area contributed by atoms with Crippen LogP contribution in [-0.4, -0.2) is 24.9 Å². The van der Waals surface area contributed by atoms with Gasteiger partial charge in [-0.15, -0.1) is 0 Å². The second-order valence-corrected chi connectivity index (χ2v) is 3.58. The molecule has 2 heterocycles. The summed E-state index contributed by atoms with van der Waals surface area (Å²) in [6, 6.07) is 5.38. The van der Waals surface area contributed by atoms with Crippen LogP contribution < -0.4 is 9.47 Å². The van der Waals surface area contributed by atoms with E-state index in [1.807, 2.05) is 12.1 Å². The highest BCUT2D eigenvalue weighted by atomic mass is 16.7. The van der Waals surface area contributed by atoms with Gasteiger partial charge in [0.1, 0.15) is 0 Å². The minimum atomic E-state index is -0.463. The molecule has 1 aromatic heterocycles. The van der Waals surface area contributed by atoms with E-state index in [1.54, 1.807) is 12.3 Å². The van der Waals surface area contributed by atoms with Crippen molar-refractivity contribution in [1.82, 2.24) is 4.98 Å². The molecule has 1 aliphatic rings. The molecule has 0 unspecified atom stereocenters. The van der Waals surface area contributed by atoms with Crippen LogP contribution in [-0.2, 0) is 4.74 Å². The topological polar surface area (TPSA) is 57.7 Å². The summed E-state index contributed by atoms with van der Waals surface area (Å²) >= 11 is 0. The number of methoxy groups -OCH3 is 1. The second kappa shape index (κ2) is 3.62. The molecule has 0 fully saturated rings. The van der Waals surface area contributed by atoms with E-state index >= 15 is 0 Å². The summed E-state index contributed by atoms with van der Waals surface area (Å²) < 4.78 is 15.2. The van der Waals surface area contributed by atoms with Gasteiger partial charge >= 0.3 is 5.97 Å². The third-order valence-corrected chi connectivity index (χ3v) is 2.64. The number of fused-ring (bicyclic) bond motifs is 2. The predicted octanol–water partition coefficient (Wildman–Crippen LogP) is 1.75. The van der Waals surface area contributed by atoms with Crippen LogP contribution in [0.2, 0.25) is 0 Å². The van der Waals surface area contributed by atoms with Crippen molar-refractivity contribution in [1.29, 1.82) is 0 Å². The number of esters is 1. The maximum Gasteiger partial charge on any atom is 0.357 e. The third-order valence-electron chi connectivity index (χ3n) is 2.64. The Bertz CT molecular complexity index is 609. The van der Waals surface area contributed by atoms with Crippen LogP contribution in [0.4, 0.5) is 0 Å². The highest BCUT2D eigenvalue weighted by Crippen LogP contribution is 2.36. The van der Waals surface area contributed by atoms with Crippen molar-refractivity contribution in [3.8, 4) is 11.5 Å². The fourth-order valence-electron chi connectivity index (χ4n) is 1.82. The summed E-state index contributed by atoms with van der Waals surface area (Å²) in [5.41, 5.74) is 0.281. The van der Waals surface area contributed by atoms with Gasteiger partial charge in [0.05, 0.1) is 7.11 Å². The summed E-state index contributed by atoms with van der Waals surface area (Å²) in [5, 5.41) is 1.56. The van der Waals surface area contributed by atoms with Crippen molar-refractivity contribution in [2.75, 3.05) is 13.9 Å². The zero-order valence-corrected chi connectivity index (χ0v) is 9.10. The molecule has 0 amide bonds. The van der Waals surface area contributed by atoms with Crippen LogP contribution in [0.25, 0.3) is 10.8 Å². The van der Waals surface area contributed by atoms with Gasteiger partial charge in [0.25, 0.3) is 0 Å². The molecule has 0 spiro atoms. The van der Waals surface area contributed by atoms with Crippen LogP contribution in [0.5, 0.6) is 11.5 Å². The largest absolute Gasteiger partial charge is 0.464 e. The van der Waals surface area contributed by atoms with Gasteiger partial charge in [0.2, 0.25) is 6.79 Å². The third kappa shape index (κ3) is 1.47. The fourth-order valence-corrected chi connectivity index (χ4v) is 1.82. The molecular weight excluding hydrogens is 222 g/mol. The Morgan fingerprint density at radius 3 is 2.88 bits per heavy atom. The van der Waals surface area contributed by atoms with Crippen molar-refractivity contribution in [3.63, 3.8) is 0 Å².